The molecule has 0 saturated heterocycles. The number of hydrogen-bond acceptors (Lipinski definition) is 4. The minimum absolute atomic E-state index is 0.396. The van der Waals surface area contributed by atoms with E-state index in [9.17, 15) is 0 Å². The molecule has 4 nitrogen and oxygen atoms in total. The highest BCUT2D eigenvalue weighted by Gasteiger charge is 2.15. The van der Waals surface area contributed by atoms with Crippen molar-refractivity contribution in [2.75, 3.05) is 26.8 Å². The predicted molar refractivity (Wildman–Crippen MR) is 87.4 cm³/mol. The van der Waals surface area contributed by atoms with Gasteiger partial charge in [0.05, 0.1) is 19.7 Å². The number of nitrogens with zero attached hydrogens (tertiary/aromatic N) is 1. The lowest BCUT2D eigenvalue weighted by Gasteiger charge is -2.26. The highest BCUT2D eigenvalue weighted by Crippen LogP contribution is 2.17. The normalized spacial score (nSPS) is 13.3. The number of ether oxygens (including phenoxy) is 1. The van der Waals surface area contributed by atoms with E-state index in [1.165, 1.54) is 5.56 Å². The number of nitrogens with one attached hydrogen (secondary N) is 1. The third kappa shape index (κ3) is 6.20. The van der Waals surface area contributed by atoms with Gasteiger partial charge in [0, 0.05) is 13.2 Å². The number of likely N-dealkylation sites (N-methyl/N-ethyl adjacent to an activating group) is 1. The van der Waals surface area contributed by atoms with Gasteiger partial charge in [-0.2, -0.15) is 0 Å². The number of rotatable bonds is 10. The van der Waals surface area contributed by atoms with E-state index in [1.54, 1.807) is 7.11 Å². The maximum Gasteiger partial charge on any atom is 0.120 e. The molecule has 4 heteroatoms. The van der Waals surface area contributed by atoms with E-state index in [2.05, 4.69) is 50.9 Å². The summed E-state index contributed by atoms with van der Waals surface area (Å²) in [5.74, 6) is 2.75. The molecule has 1 N–H and O–H groups in total. The van der Waals surface area contributed by atoms with E-state index in [4.69, 9.17) is 9.15 Å². The molecule has 0 spiro atoms. The van der Waals surface area contributed by atoms with Crippen molar-refractivity contribution in [1.82, 2.24) is 10.2 Å². The lowest BCUT2D eigenvalue weighted by atomic mass is 10.2. The average Bonchev–Trinajstić information content (AvgIpc) is 2.76. The molecular formula is C17H32N2O2. The molecule has 1 aromatic heterocycles. The highest BCUT2D eigenvalue weighted by atomic mass is 16.5. The van der Waals surface area contributed by atoms with Gasteiger partial charge in [0.1, 0.15) is 11.5 Å². The van der Waals surface area contributed by atoms with Crippen LogP contribution in [-0.2, 0) is 17.8 Å². The molecule has 1 atom stereocenters. The first-order chi connectivity index (χ1) is 9.97. The lowest BCUT2D eigenvalue weighted by Crippen LogP contribution is -2.35. The van der Waals surface area contributed by atoms with Crippen LogP contribution in [0, 0.1) is 12.8 Å². The molecule has 0 bridgehead atoms. The largest absolute Gasteiger partial charge is 0.463 e. The van der Waals surface area contributed by atoms with Crippen LogP contribution >= 0.6 is 0 Å². The Balaban J connectivity index is 2.59. The number of hydrogen-bond donors (Lipinski definition) is 1. The molecule has 21 heavy (non-hydrogen) atoms. The van der Waals surface area contributed by atoms with Gasteiger partial charge >= 0.3 is 0 Å². The Labute approximate surface area is 129 Å². The summed E-state index contributed by atoms with van der Waals surface area (Å²) >= 11 is 0. The van der Waals surface area contributed by atoms with Crippen LogP contribution in [0.3, 0.4) is 0 Å². The fraction of sp³-hybridized carbons (Fsp3) is 0.765. The van der Waals surface area contributed by atoms with Gasteiger partial charge in [-0.05, 0) is 44.5 Å². The second-order valence-electron chi connectivity index (χ2n) is 6.21. The van der Waals surface area contributed by atoms with E-state index in [0.29, 0.717) is 12.0 Å². The van der Waals surface area contributed by atoms with Crippen LogP contribution in [0.2, 0.25) is 0 Å². The maximum atomic E-state index is 6.01. The summed E-state index contributed by atoms with van der Waals surface area (Å²) in [5, 5.41) is 3.44. The third-order valence-corrected chi connectivity index (χ3v) is 3.71. The topological polar surface area (TPSA) is 37.6 Å². The molecule has 0 aliphatic carbocycles. The molecule has 1 rings (SSSR count). The summed E-state index contributed by atoms with van der Waals surface area (Å²) in [7, 11) is 1.75. The average molecular weight is 296 g/mol. The summed E-state index contributed by atoms with van der Waals surface area (Å²) in [6.45, 7) is 15.3. The van der Waals surface area contributed by atoms with Crippen LogP contribution in [0.4, 0.5) is 0 Å². The quantitative estimate of drug-likeness (QED) is 0.719. The molecule has 0 amide bonds. The van der Waals surface area contributed by atoms with Crippen molar-refractivity contribution in [2.45, 2.75) is 53.8 Å². The second kappa shape index (κ2) is 9.23. The molecule has 0 aromatic carbocycles. The molecule has 0 aliphatic heterocycles. The van der Waals surface area contributed by atoms with Crippen LogP contribution in [0.25, 0.3) is 0 Å². The zero-order valence-corrected chi connectivity index (χ0v) is 14.5. The monoisotopic (exact) mass is 296 g/mol. The van der Waals surface area contributed by atoms with Crippen molar-refractivity contribution in [1.29, 1.82) is 0 Å². The van der Waals surface area contributed by atoms with E-state index >= 15 is 0 Å². The van der Waals surface area contributed by atoms with Crippen LogP contribution in [0.15, 0.2) is 10.5 Å². The van der Waals surface area contributed by atoms with Crippen molar-refractivity contribution in [3.8, 4) is 0 Å². The minimum Gasteiger partial charge on any atom is -0.463 e. The summed E-state index contributed by atoms with van der Waals surface area (Å²) in [6.07, 6.45) is 0. The molecule has 1 unspecified atom stereocenters. The fourth-order valence-corrected chi connectivity index (χ4v) is 2.44. The molecule has 0 fully saturated rings. The van der Waals surface area contributed by atoms with Gasteiger partial charge in [-0.3, -0.25) is 4.90 Å². The summed E-state index contributed by atoms with van der Waals surface area (Å²) in [5.41, 5.74) is 1.23. The van der Waals surface area contributed by atoms with E-state index in [1.807, 2.05) is 0 Å². The van der Waals surface area contributed by atoms with E-state index in [-0.39, 0.29) is 0 Å². The summed E-state index contributed by atoms with van der Waals surface area (Å²) in [6, 6.07) is 2.56. The Morgan fingerprint density at radius 1 is 1.33 bits per heavy atom. The molecule has 1 heterocycles. The molecule has 1 aromatic rings. The third-order valence-electron chi connectivity index (χ3n) is 3.71. The van der Waals surface area contributed by atoms with Gasteiger partial charge in [0.2, 0.25) is 0 Å². The molecule has 0 radical (unpaired) electrons. The number of aryl methyl sites for hydroxylation is 1. The van der Waals surface area contributed by atoms with Crippen molar-refractivity contribution >= 4 is 0 Å². The van der Waals surface area contributed by atoms with Crippen LogP contribution in [0.1, 0.15) is 44.8 Å². The molecule has 0 aliphatic rings. The van der Waals surface area contributed by atoms with E-state index < -0.39 is 0 Å². The minimum atomic E-state index is 0.396. The van der Waals surface area contributed by atoms with Gasteiger partial charge in [-0.15, -0.1) is 0 Å². The fourth-order valence-electron chi connectivity index (χ4n) is 2.44. The first kappa shape index (κ1) is 18.2. The highest BCUT2D eigenvalue weighted by molar-refractivity contribution is 5.20. The zero-order chi connectivity index (χ0) is 15.8. The Morgan fingerprint density at radius 3 is 2.62 bits per heavy atom. The van der Waals surface area contributed by atoms with Crippen molar-refractivity contribution in [2.24, 2.45) is 5.92 Å². The summed E-state index contributed by atoms with van der Waals surface area (Å²) < 4.78 is 11.3. The standard InChI is InChI=1S/C17H32N2O2/c1-7-19(15(5)12-20-6)11-16-8-14(4)17(21-16)10-18-9-13(2)3/h8,13,15,18H,7,9-12H2,1-6H3. The Morgan fingerprint density at radius 2 is 2.05 bits per heavy atom. The Hall–Kier alpha value is -0.840. The number of methoxy groups -OCH3 is 1. The SMILES string of the molecule is CCN(Cc1cc(C)c(CNCC(C)C)o1)C(C)COC. The predicted octanol–water partition coefficient (Wildman–Crippen LogP) is 3.19. The first-order valence-corrected chi connectivity index (χ1v) is 7.99. The molecule has 122 valence electrons. The molecular weight excluding hydrogens is 264 g/mol. The smallest absolute Gasteiger partial charge is 0.120 e. The van der Waals surface area contributed by atoms with Gasteiger partial charge in [0.15, 0.2) is 0 Å². The van der Waals surface area contributed by atoms with Crippen LogP contribution in [-0.4, -0.2) is 37.7 Å². The maximum absolute atomic E-state index is 6.01. The van der Waals surface area contributed by atoms with Crippen molar-refractivity contribution < 1.29 is 9.15 Å². The number of furan rings is 1. The van der Waals surface area contributed by atoms with Crippen molar-refractivity contribution in [3.63, 3.8) is 0 Å². The van der Waals surface area contributed by atoms with Crippen LogP contribution < -0.4 is 5.32 Å². The first-order valence-electron chi connectivity index (χ1n) is 7.99. The zero-order valence-electron chi connectivity index (χ0n) is 14.5. The lowest BCUT2D eigenvalue weighted by molar-refractivity contribution is 0.0933. The van der Waals surface area contributed by atoms with E-state index in [0.717, 1.165) is 44.3 Å². The van der Waals surface area contributed by atoms with Crippen molar-refractivity contribution in [3.05, 3.63) is 23.2 Å². The molecule has 0 saturated carbocycles. The summed E-state index contributed by atoms with van der Waals surface area (Å²) in [4.78, 5) is 2.37. The van der Waals surface area contributed by atoms with Gasteiger partial charge < -0.3 is 14.5 Å². The van der Waals surface area contributed by atoms with Crippen LogP contribution in [0.5, 0.6) is 0 Å². The Bertz CT molecular complexity index is 401. The van der Waals surface area contributed by atoms with Gasteiger partial charge in [-0.1, -0.05) is 20.8 Å². The second-order valence-corrected chi connectivity index (χ2v) is 6.21. The van der Waals surface area contributed by atoms with Gasteiger partial charge in [-0.25, -0.2) is 0 Å². The Kier molecular flexibility index (Phi) is 8.01. The van der Waals surface area contributed by atoms with Gasteiger partial charge in [0.25, 0.3) is 0 Å².